The van der Waals surface area contributed by atoms with Crippen molar-refractivity contribution < 1.29 is 70.5 Å². The Morgan fingerprint density at radius 1 is 0.483 bits per heavy atom. The molecule has 0 saturated heterocycles. The van der Waals surface area contributed by atoms with Crippen LogP contribution in [0.2, 0.25) is 39.3 Å². The quantitative estimate of drug-likeness (QED) is 0.0433. The fourth-order valence-corrected chi connectivity index (χ4v) is 11.7. The molecule has 0 aliphatic carbocycles. The van der Waals surface area contributed by atoms with Crippen LogP contribution in [-0.4, -0.2) is 72.4 Å². The summed E-state index contributed by atoms with van der Waals surface area (Å²) in [6.45, 7) is 9.80. The summed E-state index contributed by atoms with van der Waals surface area (Å²) in [5.74, 6) is -1.30. The predicted molar refractivity (Wildman–Crippen MR) is 217 cm³/mol. The van der Waals surface area contributed by atoms with E-state index in [1.54, 1.807) is 69.6 Å². The Bertz CT molecular complexity index is 2920. The van der Waals surface area contributed by atoms with Crippen LogP contribution >= 0.6 is 0 Å². The highest BCUT2D eigenvalue weighted by Crippen LogP contribution is 2.52. The Kier molecular flexibility index (Phi) is 10.3. The fourth-order valence-electron chi connectivity index (χ4n) is 7.28. The standard InChI is InChI=1S/C38H38F6O10S2Si2/c1-49-20-13-11-19-12-14-21-25(50-2)16-23-26(51-3)17-24-31(30(23)29(21)22(19)15-20)32-27(52-4)18-28(57(5,6)7)34(53-55(45,46)37(39,40)41)33(32)35(36(24)58(8,9)10)54-56(47,48)38(42,43)44/h11-18H,1-10H3. The summed E-state index contributed by atoms with van der Waals surface area (Å²) in [6, 6.07) is 13.2. The van der Waals surface area contributed by atoms with Crippen molar-refractivity contribution in [1.29, 1.82) is 0 Å². The third-order valence-corrected chi connectivity index (χ3v) is 15.6. The molecule has 58 heavy (non-hydrogen) atoms. The van der Waals surface area contributed by atoms with Gasteiger partial charge in [0, 0.05) is 32.3 Å². The van der Waals surface area contributed by atoms with Crippen LogP contribution < -0.4 is 37.7 Å². The van der Waals surface area contributed by atoms with E-state index in [0.717, 1.165) is 0 Å². The van der Waals surface area contributed by atoms with Gasteiger partial charge in [0.25, 0.3) is 0 Å². The third-order valence-electron chi connectivity index (χ3n) is 9.74. The largest absolute Gasteiger partial charge is 0.534 e. The molecule has 0 unspecified atom stereocenters. The predicted octanol–water partition coefficient (Wildman–Crippen LogP) is 9.03. The minimum Gasteiger partial charge on any atom is -0.497 e. The molecule has 10 nitrogen and oxygen atoms in total. The van der Waals surface area contributed by atoms with Crippen LogP contribution in [0.4, 0.5) is 26.3 Å². The minimum atomic E-state index is -6.58. The molecule has 20 heteroatoms. The van der Waals surface area contributed by atoms with Gasteiger partial charge in [0.05, 0.1) is 50.0 Å². The first kappa shape index (κ1) is 42.9. The summed E-state index contributed by atoms with van der Waals surface area (Å²) in [5.41, 5.74) is -12.0. The molecular weight excluding hydrogens is 851 g/mol. The Balaban J connectivity index is 2.16. The van der Waals surface area contributed by atoms with E-state index in [-0.39, 0.29) is 38.0 Å². The number of hydrogen-bond acceptors (Lipinski definition) is 10. The molecular formula is C38H38F6O10S2Si2. The van der Waals surface area contributed by atoms with Crippen molar-refractivity contribution >= 4 is 101 Å². The number of benzene rings is 6. The van der Waals surface area contributed by atoms with E-state index in [0.29, 0.717) is 43.8 Å². The molecule has 0 N–H and O–H groups in total. The summed E-state index contributed by atoms with van der Waals surface area (Å²) < 4.78 is 171. The smallest absolute Gasteiger partial charge is 0.497 e. The molecule has 0 heterocycles. The SMILES string of the molecule is COc1ccc2ccc3c(OC)cc4c(OC)cc5c([Si](C)(C)C)c(OS(=O)(=O)C(F)(F)F)c6c(OS(=O)(=O)C(F)(F)F)c([Si](C)(C)C)cc(OC)c6c5c4c3c2c1. The maximum atomic E-state index is 14.3. The van der Waals surface area contributed by atoms with Crippen molar-refractivity contribution in [1.82, 2.24) is 0 Å². The Morgan fingerprint density at radius 3 is 1.48 bits per heavy atom. The van der Waals surface area contributed by atoms with Crippen molar-refractivity contribution in [3.8, 4) is 34.5 Å². The number of alkyl halides is 6. The number of fused-ring (bicyclic) bond motifs is 9. The highest BCUT2D eigenvalue weighted by molar-refractivity contribution is 7.88. The van der Waals surface area contributed by atoms with Crippen LogP contribution in [0.25, 0.3) is 53.9 Å². The average Bonchev–Trinajstić information content (AvgIpc) is 3.10. The molecule has 0 aliphatic heterocycles. The van der Waals surface area contributed by atoms with Crippen LogP contribution in [-0.2, 0) is 20.2 Å². The van der Waals surface area contributed by atoms with E-state index >= 15 is 0 Å². The highest BCUT2D eigenvalue weighted by atomic mass is 32.2. The van der Waals surface area contributed by atoms with Gasteiger partial charge in [0.1, 0.15) is 23.0 Å². The molecule has 0 amide bonds. The molecule has 0 radical (unpaired) electrons. The monoisotopic (exact) mass is 888 g/mol. The molecule has 6 aromatic carbocycles. The van der Waals surface area contributed by atoms with Crippen molar-refractivity contribution in [2.75, 3.05) is 28.4 Å². The summed E-state index contributed by atoms with van der Waals surface area (Å²) >= 11 is 0. The molecule has 0 atom stereocenters. The van der Waals surface area contributed by atoms with Gasteiger partial charge in [-0.15, -0.1) is 0 Å². The highest BCUT2D eigenvalue weighted by Gasteiger charge is 2.52. The lowest BCUT2D eigenvalue weighted by molar-refractivity contribution is -0.0502. The van der Waals surface area contributed by atoms with Crippen molar-refractivity contribution in [3.05, 3.63) is 48.5 Å². The van der Waals surface area contributed by atoms with Gasteiger partial charge in [-0.05, 0) is 62.9 Å². The molecule has 0 fully saturated rings. The Morgan fingerprint density at radius 2 is 0.983 bits per heavy atom. The minimum absolute atomic E-state index is 0.0958. The number of rotatable bonds is 10. The van der Waals surface area contributed by atoms with Gasteiger partial charge < -0.3 is 27.3 Å². The average molecular weight is 889 g/mol. The molecule has 0 bridgehead atoms. The van der Waals surface area contributed by atoms with Crippen LogP contribution in [0.3, 0.4) is 0 Å². The van der Waals surface area contributed by atoms with Gasteiger partial charge in [-0.1, -0.05) is 51.4 Å². The lowest BCUT2D eigenvalue weighted by atomic mass is 9.88. The first-order valence-electron chi connectivity index (χ1n) is 17.3. The summed E-state index contributed by atoms with van der Waals surface area (Å²) in [6.07, 6.45) is 0. The second-order valence-electron chi connectivity index (χ2n) is 15.5. The zero-order valence-corrected chi connectivity index (χ0v) is 36.4. The zero-order chi connectivity index (χ0) is 43.3. The summed E-state index contributed by atoms with van der Waals surface area (Å²) in [7, 11) is -14.1. The van der Waals surface area contributed by atoms with E-state index in [1.807, 2.05) is 6.07 Å². The lowest BCUT2D eigenvalue weighted by Crippen LogP contribution is -2.43. The van der Waals surface area contributed by atoms with E-state index < -0.39 is 64.3 Å². The van der Waals surface area contributed by atoms with Gasteiger partial charge in [0.15, 0.2) is 11.5 Å². The van der Waals surface area contributed by atoms with E-state index in [2.05, 4.69) is 0 Å². The maximum Gasteiger partial charge on any atom is 0.534 e. The Labute approximate surface area is 331 Å². The van der Waals surface area contributed by atoms with Crippen molar-refractivity contribution in [3.63, 3.8) is 0 Å². The van der Waals surface area contributed by atoms with Crippen LogP contribution in [0.1, 0.15) is 0 Å². The first-order chi connectivity index (χ1) is 26.6. The molecule has 6 aromatic rings. The van der Waals surface area contributed by atoms with E-state index in [1.165, 1.54) is 40.6 Å². The maximum absolute atomic E-state index is 14.3. The topological polar surface area (TPSA) is 124 Å². The summed E-state index contributed by atoms with van der Waals surface area (Å²) in [5, 5.41) is 1.80. The van der Waals surface area contributed by atoms with Crippen molar-refractivity contribution in [2.24, 2.45) is 0 Å². The normalized spacial score (nSPS) is 13.4. The van der Waals surface area contributed by atoms with Crippen LogP contribution in [0, 0.1) is 0 Å². The zero-order valence-electron chi connectivity index (χ0n) is 32.8. The van der Waals surface area contributed by atoms with Crippen molar-refractivity contribution in [2.45, 2.75) is 50.3 Å². The van der Waals surface area contributed by atoms with Gasteiger partial charge in [-0.25, -0.2) is 0 Å². The van der Waals surface area contributed by atoms with Gasteiger partial charge >= 0.3 is 31.3 Å². The second-order valence-corrected chi connectivity index (χ2v) is 28.6. The Hall–Kier alpha value is -4.67. The number of halogens is 6. The van der Waals surface area contributed by atoms with Gasteiger partial charge in [0.2, 0.25) is 0 Å². The molecule has 0 saturated carbocycles. The molecule has 0 spiro atoms. The number of ether oxygens (including phenoxy) is 4. The molecule has 312 valence electrons. The van der Waals surface area contributed by atoms with Gasteiger partial charge in [-0.3, -0.25) is 0 Å². The number of hydrogen-bond donors (Lipinski definition) is 0. The van der Waals surface area contributed by atoms with Crippen LogP contribution in [0.5, 0.6) is 34.5 Å². The van der Waals surface area contributed by atoms with Gasteiger partial charge in [-0.2, -0.15) is 43.2 Å². The van der Waals surface area contributed by atoms with E-state index in [9.17, 15) is 43.2 Å². The van der Waals surface area contributed by atoms with E-state index in [4.69, 9.17) is 27.3 Å². The fraction of sp³-hybridized carbons (Fsp3) is 0.316. The lowest BCUT2D eigenvalue weighted by Gasteiger charge is -2.30. The first-order valence-corrected chi connectivity index (χ1v) is 27.1. The van der Waals surface area contributed by atoms with Crippen LogP contribution in [0.15, 0.2) is 48.5 Å². The summed E-state index contributed by atoms with van der Waals surface area (Å²) in [4.78, 5) is 0. The molecule has 6 rings (SSSR count). The molecule has 0 aliphatic rings. The molecule has 0 aromatic heterocycles. The number of methoxy groups -OCH3 is 4. The second kappa shape index (κ2) is 14.0. The third kappa shape index (κ3) is 6.90.